The van der Waals surface area contributed by atoms with Crippen LogP contribution in [0.15, 0.2) is 72.9 Å². The van der Waals surface area contributed by atoms with E-state index in [1.54, 1.807) is 12.1 Å². The number of nitrogens with one attached hydrogen (secondary N) is 2. The van der Waals surface area contributed by atoms with E-state index in [2.05, 4.69) is 10.9 Å². The highest BCUT2D eigenvalue weighted by molar-refractivity contribution is 7.80. The smallest absolute Gasteiger partial charge is 0.187 e. The van der Waals surface area contributed by atoms with Gasteiger partial charge in [-0.05, 0) is 0 Å². The van der Waals surface area contributed by atoms with Crippen molar-refractivity contribution in [3.05, 3.63) is 84.1 Å². The number of benzene rings is 2. The molecule has 0 aliphatic heterocycles. The Morgan fingerprint density at radius 3 is 2.05 bits per heavy atom. The van der Waals surface area contributed by atoms with Gasteiger partial charge in [0.25, 0.3) is 0 Å². The Morgan fingerprint density at radius 1 is 0.900 bits per heavy atom. The van der Waals surface area contributed by atoms with Crippen LogP contribution in [0.2, 0.25) is 0 Å². The van der Waals surface area contributed by atoms with Gasteiger partial charge < -0.3 is 5.43 Å². The lowest BCUT2D eigenvalue weighted by Gasteiger charge is -2.06. The third kappa shape index (κ3) is 4.03. The molecular weight excluding hydrogens is 268 g/mol. The van der Waals surface area contributed by atoms with E-state index in [0.717, 1.165) is 5.56 Å². The number of hydrazine groups is 1. The van der Waals surface area contributed by atoms with Crippen LogP contribution >= 0.6 is 12.2 Å². The van der Waals surface area contributed by atoms with Crippen molar-refractivity contribution in [1.82, 2.24) is 10.9 Å². The predicted octanol–water partition coefficient (Wildman–Crippen LogP) is 2.85. The van der Waals surface area contributed by atoms with Gasteiger partial charge in [0.05, 0.1) is 0 Å². The Kier molecular flexibility index (Phi) is 5.03. The molecule has 0 amide bonds. The highest BCUT2D eigenvalue weighted by Gasteiger charge is 1.99. The van der Waals surface area contributed by atoms with Crippen molar-refractivity contribution < 1.29 is 4.79 Å². The Bertz CT molecular complexity index is 609. The van der Waals surface area contributed by atoms with Crippen molar-refractivity contribution >= 4 is 23.0 Å². The summed E-state index contributed by atoms with van der Waals surface area (Å²) in [5.74, 6) is -0.0643. The Hall–Kier alpha value is -2.46. The van der Waals surface area contributed by atoms with Crippen molar-refractivity contribution in [3.63, 3.8) is 0 Å². The minimum absolute atomic E-state index is 0.0643. The molecule has 0 saturated carbocycles. The molecule has 3 nitrogen and oxygen atoms in total. The zero-order valence-corrected chi connectivity index (χ0v) is 11.6. The number of hydrogen-bond acceptors (Lipinski definition) is 3. The van der Waals surface area contributed by atoms with Crippen LogP contribution in [0.25, 0.3) is 0 Å². The summed E-state index contributed by atoms with van der Waals surface area (Å²) in [7, 11) is 0. The molecule has 100 valence electrons. The topological polar surface area (TPSA) is 41.1 Å². The van der Waals surface area contributed by atoms with Crippen LogP contribution in [0.1, 0.15) is 15.9 Å². The molecule has 0 heterocycles. The molecule has 20 heavy (non-hydrogen) atoms. The van der Waals surface area contributed by atoms with Crippen molar-refractivity contribution in [1.29, 1.82) is 0 Å². The fourth-order valence-electron chi connectivity index (χ4n) is 1.58. The number of hydrogen-bond donors (Lipinski definition) is 2. The second kappa shape index (κ2) is 7.21. The van der Waals surface area contributed by atoms with Crippen LogP contribution in [0.3, 0.4) is 0 Å². The third-order valence-corrected chi connectivity index (χ3v) is 2.94. The van der Waals surface area contributed by atoms with Gasteiger partial charge in [0, 0.05) is 23.4 Å². The van der Waals surface area contributed by atoms with Gasteiger partial charge in [-0.1, -0.05) is 72.9 Å². The summed E-state index contributed by atoms with van der Waals surface area (Å²) in [4.78, 5) is 12.3. The van der Waals surface area contributed by atoms with Crippen LogP contribution in [0.5, 0.6) is 0 Å². The second-order valence-electron chi connectivity index (χ2n) is 4.03. The maximum Gasteiger partial charge on any atom is 0.187 e. The summed E-state index contributed by atoms with van der Waals surface area (Å²) in [6.45, 7) is 0. The number of allylic oxidation sites excluding steroid dienone is 1. The summed E-state index contributed by atoms with van der Waals surface area (Å²) >= 11 is 5.20. The van der Waals surface area contributed by atoms with Crippen LogP contribution in [-0.2, 0) is 0 Å². The monoisotopic (exact) mass is 282 g/mol. The number of ketones is 1. The first-order valence-electron chi connectivity index (χ1n) is 6.14. The SMILES string of the molecule is O=C(/C=C/NNC(=S)c1ccccc1)c1ccccc1. The van der Waals surface area contributed by atoms with Crippen LogP contribution in [-0.4, -0.2) is 10.8 Å². The largest absolute Gasteiger partial charge is 0.307 e. The number of thiocarbonyl (C=S) groups is 1. The summed E-state index contributed by atoms with van der Waals surface area (Å²) in [5.41, 5.74) is 7.20. The zero-order chi connectivity index (χ0) is 14.2. The molecule has 0 saturated heterocycles. The molecule has 0 spiro atoms. The molecule has 0 fully saturated rings. The molecule has 0 unspecified atom stereocenters. The standard InChI is InChI=1S/C16H14N2OS/c19-15(13-7-3-1-4-8-13)11-12-17-18-16(20)14-9-5-2-6-10-14/h1-12,17H,(H,18,20)/b12-11+. The first-order valence-corrected chi connectivity index (χ1v) is 6.55. The molecule has 2 aromatic carbocycles. The van der Waals surface area contributed by atoms with Crippen molar-refractivity contribution in [2.75, 3.05) is 0 Å². The van der Waals surface area contributed by atoms with E-state index in [9.17, 15) is 4.79 Å². The van der Waals surface area contributed by atoms with E-state index in [-0.39, 0.29) is 5.78 Å². The average Bonchev–Trinajstić information content (AvgIpc) is 2.53. The van der Waals surface area contributed by atoms with E-state index >= 15 is 0 Å². The van der Waals surface area contributed by atoms with Gasteiger partial charge in [0.15, 0.2) is 5.78 Å². The molecule has 4 heteroatoms. The number of carbonyl (C=O) groups is 1. The van der Waals surface area contributed by atoms with Gasteiger partial charge in [-0.15, -0.1) is 0 Å². The Morgan fingerprint density at radius 2 is 1.45 bits per heavy atom. The van der Waals surface area contributed by atoms with E-state index < -0.39 is 0 Å². The Balaban J connectivity index is 1.83. The predicted molar refractivity (Wildman–Crippen MR) is 84.3 cm³/mol. The molecule has 2 N–H and O–H groups in total. The van der Waals surface area contributed by atoms with Gasteiger partial charge in [0.2, 0.25) is 0 Å². The molecule has 2 rings (SSSR count). The van der Waals surface area contributed by atoms with Gasteiger partial charge in [-0.3, -0.25) is 10.2 Å². The third-order valence-electron chi connectivity index (χ3n) is 2.60. The van der Waals surface area contributed by atoms with E-state index in [0.29, 0.717) is 10.6 Å². The summed E-state index contributed by atoms with van der Waals surface area (Å²) in [6.07, 6.45) is 2.99. The molecular formula is C16H14N2OS. The number of rotatable bonds is 5. The summed E-state index contributed by atoms with van der Waals surface area (Å²) < 4.78 is 0. The maximum atomic E-state index is 11.8. The fourth-order valence-corrected chi connectivity index (χ4v) is 1.78. The average molecular weight is 282 g/mol. The molecule has 0 atom stereocenters. The summed E-state index contributed by atoms with van der Waals surface area (Å²) in [6, 6.07) is 18.7. The first-order chi connectivity index (χ1) is 9.77. The van der Waals surface area contributed by atoms with Crippen molar-refractivity contribution in [3.8, 4) is 0 Å². The van der Waals surface area contributed by atoms with E-state index in [4.69, 9.17) is 12.2 Å². The van der Waals surface area contributed by atoms with Crippen molar-refractivity contribution in [2.45, 2.75) is 0 Å². The van der Waals surface area contributed by atoms with Crippen LogP contribution < -0.4 is 10.9 Å². The quantitative estimate of drug-likeness (QED) is 0.383. The van der Waals surface area contributed by atoms with Crippen LogP contribution in [0, 0.1) is 0 Å². The maximum absolute atomic E-state index is 11.8. The van der Waals surface area contributed by atoms with Gasteiger partial charge in [0.1, 0.15) is 4.99 Å². The summed E-state index contributed by atoms with van der Waals surface area (Å²) in [5, 5.41) is 0. The van der Waals surface area contributed by atoms with Gasteiger partial charge in [-0.25, -0.2) is 0 Å². The number of carbonyl (C=O) groups excluding carboxylic acids is 1. The highest BCUT2D eigenvalue weighted by Crippen LogP contribution is 2.00. The molecule has 0 bridgehead atoms. The molecule has 0 aliphatic carbocycles. The van der Waals surface area contributed by atoms with Gasteiger partial charge >= 0.3 is 0 Å². The normalized spacial score (nSPS) is 10.2. The minimum atomic E-state index is -0.0643. The van der Waals surface area contributed by atoms with Crippen molar-refractivity contribution in [2.24, 2.45) is 0 Å². The lowest BCUT2D eigenvalue weighted by Crippen LogP contribution is -2.32. The lowest BCUT2D eigenvalue weighted by molar-refractivity contribution is 0.104. The van der Waals surface area contributed by atoms with E-state index in [1.807, 2.05) is 48.5 Å². The fraction of sp³-hybridized carbons (Fsp3) is 0. The lowest BCUT2D eigenvalue weighted by atomic mass is 10.1. The molecule has 0 radical (unpaired) electrons. The highest BCUT2D eigenvalue weighted by atomic mass is 32.1. The van der Waals surface area contributed by atoms with E-state index in [1.165, 1.54) is 12.3 Å². The molecule has 2 aromatic rings. The van der Waals surface area contributed by atoms with Crippen LogP contribution in [0.4, 0.5) is 0 Å². The molecule has 0 aliphatic rings. The minimum Gasteiger partial charge on any atom is -0.307 e. The molecule has 0 aromatic heterocycles. The zero-order valence-electron chi connectivity index (χ0n) is 10.7. The Labute approximate surface area is 123 Å². The second-order valence-corrected chi connectivity index (χ2v) is 4.44. The first kappa shape index (κ1) is 14.0. The van der Waals surface area contributed by atoms with Gasteiger partial charge in [-0.2, -0.15) is 0 Å².